The summed E-state index contributed by atoms with van der Waals surface area (Å²) in [4.78, 5) is 40.4. The van der Waals surface area contributed by atoms with Gasteiger partial charge in [0.05, 0.1) is 0 Å². The van der Waals surface area contributed by atoms with E-state index in [0.29, 0.717) is 19.6 Å². The molecule has 0 unspecified atom stereocenters. The maximum Gasteiger partial charge on any atom is 0.326 e. The van der Waals surface area contributed by atoms with Gasteiger partial charge in [0.15, 0.2) is 0 Å². The van der Waals surface area contributed by atoms with Gasteiger partial charge >= 0.3 is 5.97 Å². The Bertz CT molecular complexity index is 692. The lowest BCUT2D eigenvalue weighted by molar-refractivity contribution is -0.155. The van der Waals surface area contributed by atoms with Crippen molar-refractivity contribution in [1.29, 1.82) is 0 Å². The van der Waals surface area contributed by atoms with Crippen LogP contribution in [-0.2, 0) is 16.1 Å². The molecule has 1 aromatic rings. The number of likely N-dealkylation sites (N-methyl/N-ethyl adjacent to an activating group) is 1. The minimum atomic E-state index is -0.626. The lowest BCUT2D eigenvalue weighted by Crippen LogP contribution is -2.42. The summed E-state index contributed by atoms with van der Waals surface area (Å²) in [5.41, 5.74) is -0.723. The molecule has 0 radical (unpaired) electrons. The van der Waals surface area contributed by atoms with Crippen molar-refractivity contribution < 1.29 is 14.3 Å². The van der Waals surface area contributed by atoms with Gasteiger partial charge in [0.2, 0.25) is 0 Å². The number of hydrogen-bond donors (Lipinski definition) is 0. The van der Waals surface area contributed by atoms with Gasteiger partial charge in [-0.2, -0.15) is 5.10 Å². The van der Waals surface area contributed by atoms with Crippen LogP contribution in [0.3, 0.4) is 0 Å². The van der Waals surface area contributed by atoms with Gasteiger partial charge in [0.25, 0.3) is 11.5 Å². The fraction of sp³-hybridized carbons (Fsp3) is 0.684. The number of hydrogen-bond acceptors (Lipinski definition) is 6. The average Bonchev–Trinajstić information content (AvgIpc) is 2.55. The van der Waals surface area contributed by atoms with E-state index in [1.807, 2.05) is 25.9 Å². The summed E-state index contributed by atoms with van der Waals surface area (Å²) in [5, 5.41) is 4.19. The van der Waals surface area contributed by atoms with Crippen LogP contribution < -0.4 is 5.56 Å². The van der Waals surface area contributed by atoms with E-state index < -0.39 is 17.5 Å². The van der Waals surface area contributed by atoms with Gasteiger partial charge in [-0.05, 0) is 47.4 Å². The largest absolute Gasteiger partial charge is 0.459 e. The lowest BCUT2D eigenvalue weighted by atomic mass is 10.2. The highest BCUT2D eigenvalue weighted by molar-refractivity contribution is 5.94. The Balaban J connectivity index is 3.01. The molecule has 8 nitrogen and oxygen atoms in total. The molecule has 0 aliphatic heterocycles. The number of carbonyl (C=O) groups excluding carboxylic acids is 2. The van der Waals surface area contributed by atoms with Crippen LogP contribution in [0.4, 0.5) is 0 Å². The van der Waals surface area contributed by atoms with Crippen LogP contribution in [0, 0.1) is 0 Å². The van der Waals surface area contributed by atoms with Gasteiger partial charge in [0, 0.05) is 25.7 Å². The van der Waals surface area contributed by atoms with Crippen LogP contribution >= 0.6 is 0 Å². The molecule has 152 valence electrons. The maximum atomic E-state index is 12.9. The van der Waals surface area contributed by atoms with Crippen LogP contribution in [0.15, 0.2) is 16.9 Å². The predicted octanol–water partition coefficient (Wildman–Crippen LogP) is 1.39. The molecule has 0 aliphatic rings. The number of rotatable bonds is 9. The van der Waals surface area contributed by atoms with Crippen molar-refractivity contribution in [2.24, 2.45) is 0 Å². The summed E-state index contributed by atoms with van der Waals surface area (Å²) >= 11 is 0. The smallest absolute Gasteiger partial charge is 0.326 e. The normalized spacial score (nSPS) is 11.5. The van der Waals surface area contributed by atoms with E-state index in [9.17, 15) is 14.4 Å². The molecule has 1 rings (SSSR count). The summed E-state index contributed by atoms with van der Waals surface area (Å²) in [6.07, 6.45) is 1.71. The molecular formula is C19H32N4O4. The Morgan fingerprint density at radius 3 is 2.41 bits per heavy atom. The molecule has 0 fully saturated rings. The van der Waals surface area contributed by atoms with Gasteiger partial charge in [-0.25, -0.2) is 4.68 Å². The van der Waals surface area contributed by atoms with E-state index >= 15 is 0 Å². The molecule has 1 amide bonds. The summed E-state index contributed by atoms with van der Waals surface area (Å²) in [6.45, 7) is 8.58. The van der Waals surface area contributed by atoms with Crippen molar-refractivity contribution in [3.63, 3.8) is 0 Å². The second kappa shape index (κ2) is 10.2. The van der Waals surface area contributed by atoms with E-state index in [-0.39, 0.29) is 17.8 Å². The highest BCUT2D eigenvalue weighted by atomic mass is 16.6. The first kappa shape index (κ1) is 22.8. The highest BCUT2D eigenvalue weighted by Crippen LogP contribution is 2.09. The van der Waals surface area contributed by atoms with Crippen LogP contribution in [0.25, 0.3) is 0 Å². The molecule has 1 aromatic heterocycles. The van der Waals surface area contributed by atoms with E-state index in [4.69, 9.17) is 4.74 Å². The molecule has 1 heterocycles. The molecule has 0 bridgehead atoms. The molecule has 0 saturated heterocycles. The monoisotopic (exact) mass is 380 g/mol. The van der Waals surface area contributed by atoms with Gasteiger partial charge < -0.3 is 14.5 Å². The zero-order chi connectivity index (χ0) is 20.6. The van der Waals surface area contributed by atoms with Crippen molar-refractivity contribution in [2.75, 3.05) is 33.7 Å². The summed E-state index contributed by atoms with van der Waals surface area (Å²) < 4.78 is 6.63. The molecule has 0 atom stereocenters. The number of aryl methyl sites for hydroxylation is 1. The Labute approximate surface area is 161 Å². The third kappa shape index (κ3) is 8.34. The van der Waals surface area contributed by atoms with Crippen molar-refractivity contribution in [1.82, 2.24) is 19.6 Å². The number of esters is 1. The maximum absolute atomic E-state index is 12.9. The van der Waals surface area contributed by atoms with Crippen molar-refractivity contribution >= 4 is 11.9 Å². The van der Waals surface area contributed by atoms with Crippen molar-refractivity contribution in [3.05, 3.63) is 28.2 Å². The number of aromatic nitrogens is 2. The summed E-state index contributed by atoms with van der Waals surface area (Å²) in [6, 6.07) is 2.75. The zero-order valence-electron chi connectivity index (χ0n) is 17.3. The van der Waals surface area contributed by atoms with Gasteiger partial charge in [0.1, 0.15) is 17.8 Å². The molecule has 0 aliphatic carbocycles. The quantitative estimate of drug-likeness (QED) is 0.602. The predicted molar refractivity (Wildman–Crippen MR) is 104 cm³/mol. The van der Waals surface area contributed by atoms with Crippen LogP contribution in [-0.4, -0.2) is 70.8 Å². The SMILES string of the molecule is CCCCn1nc(C(=O)N(CCN(C)C)CC(=O)OC(C)(C)C)ccc1=O. The fourth-order valence-corrected chi connectivity index (χ4v) is 2.30. The van der Waals surface area contributed by atoms with Crippen LogP contribution in [0.1, 0.15) is 51.0 Å². The molecule has 0 spiro atoms. The Morgan fingerprint density at radius 2 is 1.85 bits per heavy atom. The molecular weight excluding hydrogens is 348 g/mol. The van der Waals surface area contributed by atoms with Gasteiger partial charge in [-0.3, -0.25) is 14.4 Å². The zero-order valence-corrected chi connectivity index (χ0v) is 17.3. The van der Waals surface area contributed by atoms with Crippen LogP contribution in [0.5, 0.6) is 0 Å². The van der Waals surface area contributed by atoms with E-state index in [1.165, 1.54) is 21.7 Å². The number of nitrogens with zero attached hydrogens (tertiary/aromatic N) is 4. The topological polar surface area (TPSA) is 84.7 Å². The van der Waals surface area contributed by atoms with Gasteiger partial charge in [-0.1, -0.05) is 13.3 Å². The fourth-order valence-electron chi connectivity index (χ4n) is 2.30. The first-order valence-electron chi connectivity index (χ1n) is 9.27. The molecule has 0 N–H and O–H groups in total. The summed E-state index contributed by atoms with van der Waals surface area (Å²) in [5.74, 6) is -0.873. The summed E-state index contributed by atoms with van der Waals surface area (Å²) in [7, 11) is 3.78. The third-order valence-corrected chi connectivity index (χ3v) is 3.65. The Hall–Kier alpha value is -2.22. The highest BCUT2D eigenvalue weighted by Gasteiger charge is 2.24. The molecule has 0 saturated carbocycles. The van der Waals surface area contributed by atoms with Crippen LogP contribution in [0.2, 0.25) is 0 Å². The van der Waals surface area contributed by atoms with E-state index in [1.54, 1.807) is 20.8 Å². The lowest BCUT2D eigenvalue weighted by Gasteiger charge is -2.26. The van der Waals surface area contributed by atoms with E-state index in [2.05, 4.69) is 5.10 Å². The Kier molecular flexibility index (Phi) is 8.62. The number of ether oxygens (including phenoxy) is 1. The number of unbranched alkanes of at least 4 members (excludes halogenated alkanes) is 1. The number of carbonyl (C=O) groups is 2. The van der Waals surface area contributed by atoms with Gasteiger partial charge in [-0.15, -0.1) is 0 Å². The first-order chi connectivity index (χ1) is 12.5. The number of amides is 1. The standard InChI is InChI=1S/C19H32N4O4/c1-7-8-11-23-16(24)10-9-15(20-23)18(26)22(13-12-21(5)6)14-17(25)27-19(2,3)4/h9-10H,7-8,11-14H2,1-6H3. The minimum Gasteiger partial charge on any atom is -0.459 e. The second-order valence-corrected chi connectivity index (χ2v) is 7.75. The third-order valence-electron chi connectivity index (χ3n) is 3.65. The average molecular weight is 380 g/mol. The van der Waals surface area contributed by atoms with Crippen molar-refractivity contribution in [2.45, 2.75) is 52.7 Å². The second-order valence-electron chi connectivity index (χ2n) is 7.75. The molecule has 8 heteroatoms. The van der Waals surface area contributed by atoms with E-state index in [0.717, 1.165) is 12.8 Å². The Morgan fingerprint density at radius 1 is 1.19 bits per heavy atom. The van der Waals surface area contributed by atoms with Crippen molar-refractivity contribution in [3.8, 4) is 0 Å². The minimum absolute atomic E-state index is 0.146. The molecule has 0 aromatic carbocycles. The first-order valence-corrected chi connectivity index (χ1v) is 9.27. The molecule has 27 heavy (non-hydrogen) atoms.